The minimum Gasteiger partial charge on any atom is -0.393 e. The Balaban J connectivity index is 2.24. The minimum atomic E-state index is -1.44. The topological polar surface area (TPSA) is 23.5 Å². The zero-order valence-electron chi connectivity index (χ0n) is 8.59. The lowest BCUT2D eigenvalue weighted by Crippen LogP contribution is -2.36. The molecular weight excluding hydrogens is 219 g/mol. The van der Waals surface area contributed by atoms with Gasteiger partial charge in [0, 0.05) is 13.1 Å². The average molecular weight is 231 g/mol. The van der Waals surface area contributed by atoms with Crippen LogP contribution in [0, 0.1) is 17.5 Å². The first kappa shape index (κ1) is 11.3. The molecular formula is C11H12F3NO. The van der Waals surface area contributed by atoms with Crippen molar-refractivity contribution in [1.29, 1.82) is 0 Å². The highest BCUT2D eigenvalue weighted by molar-refractivity contribution is 5.48. The molecule has 0 aliphatic carbocycles. The van der Waals surface area contributed by atoms with E-state index in [1.54, 1.807) is 4.90 Å². The van der Waals surface area contributed by atoms with Crippen LogP contribution in [-0.2, 0) is 0 Å². The summed E-state index contributed by atoms with van der Waals surface area (Å²) in [5.74, 6) is -3.78. The molecule has 16 heavy (non-hydrogen) atoms. The van der Waals surface area contributed by atoms with E-state index in [2.05, 4.69) is 0 Å². The molecule has 0 atom stereocenters. The second kappa shape index (κ2) is 4.33. The monoisotopic (exact) mass is 231 g/mol. The Bertz CT molecular complexity index is 389. The van der Waals surface area contributed by atoms with Crippen molar-refractivity contribution in [2.24, 2.45) is 0 Å². The van der Waals surface area contributed by atoms with Gasteiger partial charge in [0.15, 0.2) is 17.5 Å². The van der Waals surface area contributed by atoms with Crippen LogP contribution in [0.2, 0.25) is 0 Å². The Labute approximate surface area is 91.3 Å². The molecule has 1 saturated heterocycles. The van der Waals surface area contributed by atoms with E-state index in [4.69, 9.17) is 0 Å². The fraction of sp³-hybridized carbons (Fsp3) is 0.455. The number of hydrogen-bond acceptors (Lipinski definition) is 2. The summed E-state index contributed by atoms with van der Waals surface area (Å²) >= 11 is 0. The molecule has 1 heterocycles. The SMILES string of the molecule is OC1CCN(c2ccc(F)c(F)c2F)CC1. The summed E-state index contributed by atoms with van der Waals surface area (Å²) in [7, 11) is 0. The van der Waals surface area contributed by atoms with E-state index in [0.29, 0.717) is 25.9 Å². The third-order valence-electron chi connectivity index (χ3n) is 2.82. The number of nitrogens with zero attached hydrogens (tertiary/aromatic N) is 1. The lowest BCUT2D eigenvalue weighted by molar-refractivity contribution is 0.145. The molecule has 1 aliphatic heterocycles. The van der Waals surface area contributed by atoms with Crippen molar-refractivity contribution in [3.63, 3.8) is 0 Å². The molecule has 0 saturated carbocycles. The Morgan fingerprint density at radius 3 is 2.31 bits per heavy atom. The van der Waals surface area contributed by atoms with Gasteiger partial charge in [-0.2, -0.15) is 0 Å². The summed E-state index contributed by atoms with van der Waals surface area (Å²) in [5.41, 5.74) is 0.0609. The summed E-state index contributed by atoms with van der Waals surface area (Å²) in [5, 5.41) is 9.29. The van der Waals surface area contributed by atoms with Gasteiger partial charge in [-0.25, -0.2) is 13.2 Å². The highest BCUT2D eigenvalue weighted by Gasteiger charge is 2.22. The van der Waals surface area contributed by atoms with Crippen molar-refractivity contribution in [2.45, 2.75) is 18.9 Å². The van der Waals surface area contributed by atoms with Gasteiger partial charge in [-0.1, -0.05) is 0 Å². The maximum absolute atomic E-state index is 13.4. The van der Waals surface area contributed by atoms with Crippen LogP contribution >= 0.6 is 0 Å². The second-order valence-corrected chi connectivity index (χ2v) is 3.91. The summed E-state index contributed by atoms with van der Waals surface area (Å²) in [6, 6.07) is 2.14. The van der Waals surface area contributed by atoms with Crippen LogP contribution in [0.3, 0.4) is 0 Å². The molecule has 0 amide bonds. The molecule has 1 aromatic carbocycles. The van der Waals surface area contributed by atoms with E-state index < -0.39 is 17.5 Å². The van der Waals surface area contributed by atoms with E-state index >= 15 is 0 Å². The lowest BCUT2D eigenvalue weighted by atomic mass is 10.1. The van der Waals surface area contributed by atoms with Crippen molar-refractivity contribution >= 4 is 5.69 Å². The van der Waals surface area contributed by atoms with E-state index in [0.717, 1.165) is 6.07 Å². The smallest absolute Gasteiger partial charge is 0.196 e. The van der Waals surface area contributed by atoms with E-state index in [-0.39, 0.29) is 11.8 Å². The summed E-state index contributed by atoms with van der Waals surface area (Å²) in [6.45, 7) is 0.895. The maximum Gasteiger partial charge on any atom is 0.196 e. The molecule has 88 valence electrons. The Kier molecular flexibility index (Phi) is 3.05. The third kappa shape index (κ3) is 2.00. The van der Waals surface area contributed by atoms with E-state index in [9.17, 15) is 18.3 Å². The largest absolute Gasteiger partial charge is 0.393 e. The summed E-state index contributed by atoms with van der Waals surface area (Å²) < 4.78 is 39.1. The molecule has 0 aromatic heterocycles. The van der Waals surface area contributed by atoms with Gasteiger partial charge >= 0.3 is 0 Å². The highest BCUT2D eigenvalue weighted by Crippen LogP contribution is 2.26. The van der Waals surface area contributed by atoms with Gasteiger partial charge in [0.1, 0.15) is 0 Å². The fourth-order valence-electron chi connectivity index (χ4n) is 1.87. The van der Waals surface area contributed by atoms with Gasteiger partial charge in [-0.3, -0.25) is 0 Å². The number of piperidine rings is 1. The number of benzene rings is 1. The summed E-state index contributed by atoms with van der Waals surface area (Å²) in [4.78, 5) is 1.62. The van der Waals surface area contributed by atoms with Gasteiger partial charge in [-0.15, -0.1) is 0 Å². The number of rotatable bonds is 1. The van der Waals surface area contributed by atoms with Crippen LogP contribution in [0.25, 0.3) is 0 Å². The zero-order valence-corrected chi connectivity index (χ0v) is 8.59. The zero-order chi connectivity index (χ0) is 11.7. The van der Waals surface area contributed by atoms with Gasteiger partial charge < -0.3 is 10.0 Å². The van der Waals surface area contributed by atoms with Crippen molar-refractivity contribution in [3.05, 3.63) is 29.6 Å². The molecule has 0 spiro atoms. The standard InChI is InChI=1S/C11H12F3NO/c12-8-1-2-9(11(14)10(8)13)15-5-3-7(16)4-6-15/h1-2,7,16H,3-6H2. The molecule has 1 aromatic rings. The molecule has 2 rings (SSSR count). The molecule has 0 unspecified atom stereocenters. The highest BCUT2D eigenvalue weighted by atomic mass is 19.2. The van der Waals surface area contributed by atoms with Crippen LogP contribution in [0.1, 0.15) is 12.8 Å². The molecule has 0 radical (unpaired) electrons. The third-order valence-corrected chi connectivity index (χ3v) is 2.82. The number of anilines is 1. The molecule has 1 aliphatic rings. The number of aliphatic hydroxyl groups excluding tert-OH is 1. The second-order valence-electron chi connectivity index (χ2n) is 3.91. The molecule has 2 nitrogen and oxygen atoms in total. The molecule has 1 N–H and O–H groups in total. The van der Waals surface area contributed by atoms with Crippen LogP contribution < -0.4 is 4.90 Å². The van der Waals surface area contributed by atoms with E-state index in [1.165, 1.54) is 6.07 Å². The first-order valence-corrected chi connectivity index (χ1v) is 5.16. The van der Waals surface area contributed by atoms with Crippen molar-refractivity contribution < 1.29 is 18.3 Å². The lowest BCUT2D eigenvalue weighted by Gasteiger charge is -2.31. The Hall–Kier alpha value is -1.23. The maximum atomic E-state index is 13.4. The van der Waals surface area contributed by atoms with Crippen molar-refractivity contribution in [1.82, 2.24) is 0 Å². The van der Waals surface area contributed by atoms with Gasteiger partial charge in [0.25, 0.3) is 0 Å². The molecule has 5 heteroatoms. The average Bonchev–Trinajstić information content (AvgIpc) is 2.28. The predicted molar refractivity (Wildman–Crippen MR) is 53.8 cm³/mol. The van der Waals surface area contributed by atoms with Crippen LogP contribution in [0.15, 0.2) is 12.1 Å². The van der Waals surface area contributed by atoms with Crippen LogP contribution in [-0.4, -0.2) is 24.3 Å². The van der Waals surface area contributed by atoms with Crippen LogP contribution in [0.5, 0.6) is 0 Å². The number of aliphatic hydroxyl groups is 1. The first-order chi connectivity index (χ1) is 7.59. The van der Waals surface area contributed by atoms with Crippen LogP contribution in [0.4, 0.5) is 18.9 Å². The Morgan fingerprint density at radius 1 is 1.06 bits per heavy atom. The summed E-state index contributed by atoms with van der Waals surface area (Å²) in [6.07, 6.45) is 0.640. The molecule has 0 bridgehead atoms. The predicted octanol–water partition coefficient (Wildman–Crippen LogP) is 2.07. The minimum absolute atomic E-state index is 0.0609. The first-order valence-electron chi connectivity index (χ1n) is 5.16. The Morgan fingerprint density at radius 2 is 1.69 bits per heavy atom. The van der Waals surface area contributed by atoms with Crippen molar-refractivity contribution in [2.75, 3.05) is 18.0 Å². The van der Waals surface area contributed by atoms with Crippen molar-refractivity contribution in [3.8, 4) is 0 Å². The molecule has 1 fully saturated rings. The normalized spacial score (nSPS) is 17.9. The fourth-order valence-corrected chi connectivity index (χ4v) is 1.87. The number of hydrogen-bond donors (Lipinski definition) is 1. The quantitative estimate of drug-likeness (QED) is 0.748. The van der Waals surface area contributed by atoms with E-state index in [1.807, 2.05) is 0 Å². The van der Waals surface area contributed by atoms with Gasteiger partial charge in [0.2, 0.25) is 0 Å². The van der Waals surface area contributed by atoms with Gasteiger partial charge in [-0.05, 0) is 25.0 Å². The van der Waals surface area contributed by atoms with Gasteiger partial charge in [0.05, 0.1) is 11.8 Å². The number of halogens is 3.